The maximum Gasteiger partial charge on any atom is 0.262 e. The van der Waals surface area contributed by atoms with Crippen LogP contribution in [0.25, 0.3) is 10.9 Å². The first-order valence-corrected chi connectivity index (χ1v) is 11.2. The summed E-state index contributed by atoms with van der Waals surface area (Å²) < 4.78 is 17.7. The van der Waals surface area contributed by atoms with Gasteiger partial charge in [-0.1, -0.05) is 36.0 Å². The van der Waals surface area contributed by atoms with E-state index >= 15 is 0 Å². The number of ether oxygens (including phenoxy) is 2. The quantitative estimate of drug-likeness (QED) is 0.299. The monoisotopic (exact) mass is 465 g/mol. The molecule has 0 aliphatic rings. The maximum atomic E-state index is 13.1. The molecular weight excluding hydrogens is 442 g/mol. The SMILES string of the molecule is COc1cccc(CNC(=O)CSc2nc3ccccc3c(=O)n2Cc2ccco2)c1OC. The van der Waals surface area contributed by atoms with Crippen LogP contribution in [0.2, 0.25) is 0 Å². The lowest BCUT2D eigenvalue weighted by molar-refractivity contribution is -0.118. The highest BCUT2D eigenvalue weighted by Crippen LogP contribution is 2.30. The van der Waals surface area contributed by atoms with Crippen molar-refractivity contribution in [3.05, 3.63) is 82.5 Å². The van der Waals surface area contributed by atoms with E-state index in [2.05, 4.69) is 10.3 Å². The fourth-order valence-electron chi connectivity index (χ4n) is 3.42. The number of carbonyl (C=O) groups is 1. The van der Waals surface area contributed by atoms with Crippen LogP contribution < -0.4 is 20.3 Å². The molecule has 9 heteroatoms. The average Bonchev–Trinajstić information content (AvgIpc) is 3.36. The minimum atomic E-state index is -0.197. The molecule has 8 nitrogen and oxygen atoms in total. The number of thioether (sulfide) groups is 1. The molecule has 0 atom stereocenters. The maximum absolute atomic E-state index is 13.1. The summed E-state index contributed by atoms with van der Waals surface area (Å²) in [6, 6.07) is 16.2. The molecule has 0 bridgehead atoms. The molecule has 0 saturated carbocycles. The molecule has 0 aliphatic carbocycles. The molecule has 4 rings (SSSR count). The second-order valence-corrected chi connectivity index (χ2v) is 8.04. The van der Waals surface area contributed by atoms with Crippen molar-refractivity contribution in [1.29, 1.82) is 0 Å². The van der Waals surface area contributed by atoms with E-state index in [1.54, 1.807) is 56.9 Å². The van der Waals surface area contributed by atoms with Gasteiger partial charge in [-0.25, -0.2) is 4.98 Å². The molecule has 0 aliphatic heterocycles. The highest BCUT2D eigenvalue weighted by atomic mass is 32.2. The van der Waals surface area contributed by atoms with E-state index < -0.39 is 0 Å². The number of fused-ring (bicyclic) bond motifs is 1. The van der Waals surface area contributed by atoms with Gasteiger partial charge in [0.15, 0.2) is 16.7 Å². The number of para-hydroxylation sites is 2. The summed E-state index contributed by atoms with van der Waals surface area (Å²) in [5, 5.41) is 3.85. The third-order valence-electron chi connectivity index (χ3n) is 5.01. The molecule has 2 aromatic heterocycles. The van der Waals surface area contributed by atoms with Gasteiger partial charge in [0.1, 0.15) is 5.76 Å². The summed E-state index contributed by atoms with van der Waals surface area (Å²) in [6.07, 6.45) is 1.56. The van der Waals surface area contributed by atoms with E-state index in [0.717, 1.165) is 5.56 Å². The third kappa shape index (κ3) is 5.04. The van der Waals surface area contributed by atoms with Gasteiger partial charge >= 0.3 is 0 Å². The van der Waals surface area contributed by atoms with Gasteiger partial charge in [0.25, 0.3) is 5.56 Å². The van der Waals surface area contributed by atoms with Gasteiger partial charge in [-0.3, -0.25) is 14.2 Å². The minimum Gasteiger partial charge on any atom is -0.493 e. The molecule has 0 unspecified atom stereocenters. The molecule has 1 amide bonds. The smallest absolute Gasteiger partial charge is 0.262 e. The Balaban J connectivity index is 1.51. The molecule has 0 spiro atoms. The van der Waals surface area contributed by atoms with Crippen molar-refractivity contribution in [1.82, 2.24) is 14.9 Å². The molecule has 33 heavy (non-hydrogen) atoms. The zero-order valence-electron chi connectivity index (χ0n) is 18.2. The second-order valence-electron chi connectivity index (χ2n) is 7.10. The summed E-state index contributed by atoms with van der Waals surface area (Å²) in [5.74, 6) is 1.70. The molecule has 170 valence electrons. The minimum absolute atomic E-state index is 0.0925. The number of aromatic nitrogens is 2. The zero-order chi connectivity index (χ0) is 23.2. The van der Waals surface area contributed by atoms with Gasteiger partial charge in [0, 0.05) is 12.1 Å². The standard InChI is InChI=1S/C24H23N3O5S/c1-30-20-11-5-7-16(22(20)31-2)13-25-21(28)15-33-24-26-19-10-4-3-9-18(19)23(29)27(24)14-17-8-6-12-32-17/h3-12H,13-15H2,1-2H3,(H,25,28). The Morgan fingerprint density at radius 3 is 2.70 bits per heavy atom. The highest BCUT2D eigenvalue weighted by molar-refractivity contribution is 7.99. The molecular formula is C24H23N3O5S. The van der Waals surface area contributed by atoms with Crippen LogP contribution >= 0.6 is 11.8 Å². The Bertz CT molecular complexity index is 1320. The van der Waals surface area contributed by atoms with Crippen molar-refractivity contribution in [3.8, 4) is 11.5 Å². The first-order chi connectivity index (χ1) is 16.1. The van der Waals surface area contributed by atoms with Gasteiger partial charge in [-0.15, -0.1) is 0 Å². The number of hydrogen-bond acceptors (Lipinski definition) is 7. The summed E-state index contributed by atoms with van der Waals surface area (Å²) in [6.45, 7) is 0.513. The third-order valence-corrected chi connectivity index (χ3v) is 5.99. The van der Waals surface area contributed by atoms with Gasteiger partial charge in [0.2, 0.25) is 5.91 Å². The van der Waals surface area contributed by atoms with Crippen LogP contribution in [-0.2, 0) is 17.9 Å². The molecule has 2 aromatic carbocycles. The fraction of sp³-hybridized carbons (Fsp3) is 0.208. The zero-order valence-corrected chi connectivity index (χ0v) is 19.1. The van der Waals surface area contributed by atoms with Crippen LogP contribution in [0, 0.1) is 0 Å². The normalized spacial score (nSPS) is 10.8. The van der Waals surface area contributed by atoms with Crippen LogP contribution in [-0.4, -0.2) is 35.4 Å². The molecule has 0 saturated heterocycles. The number of rotatable bonds is 9. The van der Waals surface area contributed by atoms with E-state index in [-0.39, 0.29) is 30.3 Å². The number of nitrogens with zero attached hydrogens (tertiary/aromatic N) is 2. The van der Waals surface area contributed by atoms with Crippen LogP contribution in [0.15, 0.2) is 75.2 Å². The first kappa shape index (κ1) is 22.5. The van der Waals surface area contributed by atoms with Crippen molar-refractivity contribution >= 4 is 28.6 Å². The predicted octanol–water partition coefficient (Wildman–Crippen LogP) is 3.46. The van der Waals surface area contributed by atoms with Crippen LogP contribution in [0.1, 0.15) is 11.3 Å². The molecule has 1 N–H and O–H groups in total. The van der Waals surface area contributed by atoms with Crippen LogP contribution in [0.3, 0.4) is 0 Å². The average molecular weight is 466 g/mol. The summed E-state index contributed by atoms with van der Waals surface area (Å²) >= 11 is 1.20. The van der Waals surface area contributed by atoms with E-state index in [4.69, 9.17) is 13.9 Å². The van der Waals surface area contributed by atoms with Gasteiger partial charge in [0.05, 0.1) is 43.7 Å². The Kier molecular flexibility index (Phi) is 6.99. The Hall–Kier alpha value is -3.72. The number of nitrogens with one attached hydrogen (secondary N) is 1. The summed E-state index contributed by atoms with van der Waals surface area (Å²) in [4.78, 5) is 30.3. The number of carbonyl (C=O) groups excluding carboxylic acids is 1. The topological polar surface area (TPSA) is 95.6 Å². The van der Waals surface area contributed by atoms with Crippen molar-refractivity contribution in [2.75, 3.05) is 20.0 Å². The predicted molar refractivity (Wildman–Crippen MR) is 126 cm³/mol. The summed E-state index contributed by atoms with van der Waals surface area (Å²) in [5.41, 5.74) is 1.21. The lowest BCUT2D eigenvalue weighted by Crippen LogP contribution is -2.27. The fourth-order valence-corrected chi connectivity index (χ4v) is 4.25. The second kappa shape index (κ2) is 10.3. The van der Waals surface area contributed by atoms with Crippen molar-refractivity contribution in [3.63, 3.8) is 0 Å². The van der Waals surface area contributed by atoms with E-state index in [9.17, 15) is 9.59 Å². The van der Waals surface area contributed by atoms with E-state index in [1.807, 2.05) is 18.2 Å². The van der Waals surface area contributed by atoms with Crippen molar-refractivity contribution in [2.45, 2.75) is 18.2 Å². The molecule has 4 aromatic rings. The Labute approximate surface area is 194 Å². The molecule has 0 radical (unpaired) electrons. The highest BCUT2D eigenvalue weighted by Gasteiger charge is 2.15. The van der Waals surface area contributed by atoms with Crippen molar-refractivity contribution in [2.24, 2.45) is 0 Å². The Morgan fingerprint density at radius 2 is 1.94 bits per heavy atom. The van der Waals surface area contributed by atoms with Crippen LogP contribution in [0.4, 0.5) is 0 Å². The molecule has 0 fully saturated rings. The van der Waals surface area contributed by atoms with Gasteiger partial charge in [-0.05, 0) is 30.3 Å². The number of amides is 1. The van der Waals surface area contributed by atoms with Gasteiger partial charge in [-0.2, -0.15) is 0 Å². The van der Waals surface area contributed by atoms with Crippen molar-refractivity contribution < 1.29 is 18.7 Å². The number of hydrogen-bond donors (Lipinski definition) is 1. The number of benzene rings is 2. The summed E-state index contributed by atoms with van der Waals surface area (Å²) in [7, 11) is 3.12. The largest absolute Gasteiger partial charge is 0.493 e. The van der Waals surface area contributed by atoms with E-state index in [1.165, 1.54) is 16.3 Å². The Morgan fingerprint density at radius 1 is 1.09 bits per heavy atom. The molecule has 2 heterocycles. The number of furan rings is 1. The van der Waals surface area contributed by atoms with Gasteiger partial charge < -0.3 is 19.2 Å². The first-order valence-electron chi connectivity index (χ1n) is 10.2. The lowest BCUT2D eigenvalue weighted by Gasteiger charge is -2.14. The van der Waals surface area contributed by atoms with Crippen LogP contribution in [0.5, 0.6) is 11.5 Å². The lowest BCUT2D eigenvalue weighted by atomic mass is 10.2. The van der Waals surface area contributed by atoms with E-state index in [0.29, 0.717) is 33.3 Å². The number of methoxy groups -OCH3 is 2.